The SMILES string of the molecule is COc1cccc([Si](C)(C)[Si](C)(C)c2cccc(OC)c2)c1. The maximum Gasteiger partial charge on any atom is 0.118 e. The maximum absolute atomic E-state index is 5.42. The highest BCUT2D eigenvalue weighted by molar-refractivity contribution is 7.49. The summed E-state index contributed by atoms with van der Waals surface area (Å²) in [6.07, 6.45) is 0. The fourth-order valence-corrected chi connectivity index (χ4v) is 11.5. The van der Waals surface area contributed by atoms with Crippen LogP contribution < -0.4 is 19.8 Å². The van der Waals surface area contributed by atoms with Gasteiger partial charge in [0.15, 0.2) is 0 Å². The van der Waals surface area contributed by atoms with Gasteiger partial charge in [0.1, 0.15) is 11.5 Å². The van der Waals surface area contributed by atoms with Crippen LogP contribution in [0.3, 0.4) is 0 Å². The zero-order chi connectivity index (χ0) is 16.4. The van der Waals surface area contributed by atoms with Gasteiger partial charge in [-0.05, 0) is 24.3 Å². The molecule has 0 saturated carbocycles. The van der Waals surface area contributed by atoms with Gasteiger partial charge >= 0.3 is 0 Å². The van der Waals surface area contributed by atoms with Crippen molar-refractivity contribution in [3.05, 3.63) is 48.5 Å². The van der Waals surface area contributed by atoms with Crippen molar-refractivity contribution in [3.63, 3.8) is 0 Å². The standard InChI is InChI=1S/C18H26O2Si2/c1-19-15-9-7-11-17(13-15)21(3,4)22(5,6)18-12-8-10-16(14-18)20-2/h7-14H,1-6H3. The highest BCUT2D eigenvalue weighted by Crippen LogP contribution is 2.22. The van der Waals surface area contributed by atoms with Crippen LogP contribution in [0, 0.1) is 0 Å². The van der Waals surface area contributed by atoms with Gasteiger partial charge in [-0.15, -0.1) is 0 Å². The molecule has 22 heavy (non-hydrogen) atoms. The van der Waals surface area contributed by atoms with Crippen molar-refractivity contribution in [1.82, 2.24) is 0 Å². The Morgan fingerprint density at radius 1 is 0.636 bits per heavy atom. The summed E-state index contributed by atoms with van der Waals surface area (Å²) in [4.78, 5) is 0. The summed E-state index contributed by atoms with van der Waals surface area (Å²) >= 11 is 0. The third-order valence-electron chi connectivity index (χ3n) is 5.15. The molecule has 2 aromatic carbocycles. The second-order valence-electron chi connectivity index (χ2n) is 6.71. The van der Waals surface area contributed by atoms with Crippen LogP contribution in [0.4, 0.5) is 0 Å². The Morgan fingerprint density at radius 3 is 1.32 bits per heavy atom. The number of hydrogen-bond donors (Lipinski definition) is 0. The van der Waals surface area contributed by atoms with E-state index < -0.39 is 15.2 Å². The highest BCUT2D eigenvalue weighted by atomic mass is 29.3. The molecule has 0 spiro atoms. The molecule has 0 aliphatic carbocycles. The highest BCUT2D eigenvalue weighted by Gasteiger charge is 2.43. The normalized spacial score (nSPS) is 12.1. The molecule has 0 aliphatic rings. The van der Waals surface area contributed by atoms with E-state index in [1.807, 2.05) is 12.1 Å². The third kappa shape index (κ3) is 2.98. The van der Waals surface area contributed by atoms with E-state index in [2.05, 4.69) is 62.6 Å². The predicted octanol–water partition coefficient (Wildman–Crippen LogP) is 3.31. The first-order valence-electron chi connectivity index (χ1n) is 7.62. The molecule has 0 saturated heterocycles. The molecule has 0 aromatic heterocycles. The van der Waals surface area contributed by atoms with Crippen LogP contribution >= 0.6 is 0 Å². The van der Waals surface area contributed by atoms with Crippen LogP contribution in [-0.4, -0.2) is 29.4 Å². The van der Waals surface area contributed by atoms with E-state index in [9.17, 15) is 0 Å². The van der Waals surface area contributed by atoms with E-state index in [-0.39, 0.29) is 0 Å². The average Bonchev–Trinajstić information content (AvgIpc) is 2.54. The Labute approximate surface area is 135 Å². The topological polar surface area (TPSA) is 18.5 Å². The molecular weight excluding hydrogens is 304 g/mol. The van der Waals surface area contributed by atoms with E-state index in [4.69, 9.17) is 9.47 Å². The monoisotopic (exact) mass is 330 g/mol. The Kier molecular flexibility index (Phi) is 4.82. The van der Waals surface area contributed by atoms with Gasteiger partial charge in [0, 0.05) is 0 Å². The van der Waals surface area contributed by atoms with E-state index in [1.54, 1.807) is 14.2 Å². The Balaban J connectivity index is 2.48. The summed E-state index contributed by atoms with van der Waals surface area (Å²) in [5, 5.41) is 2.93. The number of benzene rings is 2. The molecule has 118 valence electrons. The minimum Gasteiger partial charge on any atom is -0.497 e. The smallest absolute Gasteiger partial charge is 0.118 e. The molecule has 0 N–H and O–H groups in total. The van der Waals surface area contributed by atoms with Crippen LogP contribution in [0.15, 0.2) is 48.5 Å². The van der Waals surface area contributed by atoms with Crippen LogP contribution in [-0.2, 0) is 0 Å². The quantitative estimate of drug-likeness (QED) is 0.783. The van der Waals surface area contributed by atoms with Gasteiger partial charge < -0.3 is 9.47 Å². The number of rotatable bonds is 5. The van der Waals surface area contributed by atoms with Gasteiger partial charge in [0.25, 0.3) is 0 Å². The van der Waals surface area contributed by atoms with Crippen molar-refractivity contribution >= 4 is 25.6 Å². The molecule has 4 heteroatoms. The summed E-state index contributed by atoms with van der Waals surface area (Å²) in [6, 6.07) is 17.2. The summed E-state index contributed by atoms with van der Waals surface area (Å²) < 4.78 is 10.8. The number of hydrogen-bond acceptors (Lipinski definition) is 2. The van der Waals surface area contributed by atoms with Crippen molar-refractivity contribution in [1.29, 1.82) is 0 Å². The van der Waals surface area contributed by atoms with Crippen LogP contribution in [0.1, 0.15) is 0 Å². The molecule has 0 radical (unpaired) electrons. The van der Waals surface area contributed by atoms with E-state index in [0.29, 0.717) is 0 Å². The zero-order valence-corrected chi connectivity index (χ0v) is 16.4. The average molecular weight is 331 g/mol. The lowest BCUT2D eigenvalue weighted by molar-refractivity contribution is 0.415. The lowest BCUT2D eigenvalue weighted by Gasteiger charge is -2.39. The number of methoxy groups -OCH3 is 2. The summed E-state index contributed by atoms with van der Waals surface area (Å²) in [5.74, 6) is 1.90. The Hall–Kier alpha value is -1.53. The van der Waals surface area contributed by atoms with Gasteiger partial charge in [0.05, 0.1) is 29.4 Å². The van der Waals surface area contributed by atoms with Gasteiger partial charge in [-0.1, -0.05) is 60.8 Å². The molecule has 2 rings (SSSR count). The van der Waals surface area contributed by atoms with Gasteiger partial charge in [0.2, 0.25) is 0 Å². The zero-order valence-electron chi connectivity index (χ0n) is 14.4. The minimum atomic E-state index is -1.63. The Bertz CT molecular complexity index is 594. The maximum atomic E-state index is 5.42. The molecule has 2 nitrogen and oxygen atoms in total. The molecule has 0 amide bonds. The van der Waals surface area contributed by atoms with Crippen molar-refractivity contribution < 1.29 is 9.47 Å². The molecule has 0 fully saturated rings. The van der Waals surface area contributed by atoms with Crippen molar-refractivity contribution in [2.24, 2.45) is 0 Å². The third-order valence-corrected chi connectivity index (χ3v) is 22.9. The van der Waals surface area contributed by atoms with E-state index in [0.717, 1.165) is 11.5 Å². The first-order valence-corrected chi connectivity index (χ1v) is 14.6. The lowest BCUT2D eigenvalue weighted by atomic mass is 10.3. The van der Waals surface area contributed by atoms with E-state index >= 15 is 0 Å². The molecule has 0 unspecified atom stereocenters. The lowest BCUT2D eigenvalue weighted by Crippen LogP contribution is -2.69. The predicted molar refractivity (Wildman–Crippen MR) is 100 cm³/mol. The van der Waals surface area contributed by atoms with E-state index in [1.165, 1.54) is 10.4 Å². The fraction of sp³-hybridized carbons (Fsp3) is 0.333. The second-order valence-corrected chi connectivity index (χ2v) is 21.9. The van der Waals surface area contributed by atoms with Crippen LogP contribution in [0.5, 0.6) is 11.5 Å². The van der Waals surface area contributed by atoms with Crippen molar-refractivity contribution in [3.8, 4) is 11.5 Å². The molecule has 0 heterocycles. The Morgan fingerprint density at radius 2 is 1.00 bits per heavy atom. The molecule has 0 aliphatic heterocycles. The summed E-state index contributed by atoms with van der Waals surface area (Å²) in [7, 11) is 0.213. The summed E-state index contributed by atoms with van der Waals surface area (Å²) in [6.45, 7) is 9.92. The largest absolute Gasteiger partial charge is 0.497 e. The molecule has 0 bridgehead atoms. The molecule has 0 atom stereocenters. The molecule has 2 aromatic rings. The minimum absolute atomic E-state index is 0.952. The van der Waals surface area contributed by atoms with Gasteiger partial charge in [-0.2, -0.15) is 0 Å². The first-order chi connectivity index (χ1) is 10.3. The van der Waals surface area contributed by atoms with Crippen LogP contribution in [0.2, 0.25) is 26.2 Å². The number of ether oxygens (including phenoxy) is 2. The van der Waals surface area contributed by atoms with Gasteiger partial charge in [-0.25, -0.2) is 0 Å². The first kappa shape index (κ1) is 16.8. The van der Waals surface area contributed by atoms with Crippen molar-refractivity contribution in [2.75, 3.05) is 14.2 Å². The molecular formula is C18H26O2Si2. The van der Waals surface area contributed by atoms with Crippen molar-refractivity contribution in [2.45, 2.75) is 26.2 Å². The fourth-order valence-electron chi connectivity index (χ4n) is 2.75. The van der Waals surface area contributed by atoms with Crippen LogP contribution in [0.25, 0.3) is 0 Å². The van der Waals surface area contributed by atoms with Gasteiger partial charge in [-0.3, -0.25) is 0 Å². The summed E-state index contributed by atoms with van der Waals surface area (Å²) in [5.41, 5.74) is 0. The second kappa shape index (κ2) is 6.30.